The summed E-state index contributed by atoms with van der Waals surface area (Å²) in [6.07, 6.45) is 0. The van der Waals surface area contributed by atoms with Crippen LogP contribution in [0.5, 0.6) is 5.75 Å². The van der Waals surface area contributed by atoms with Gasteiger partial charge in [0.25, 0.3) is 0 Å². The summed E-state index contributed by atoms with van der Waals surface area (Å²) in [6, 6.07) is 3.69. The van der Waals surface area contributed by atoms with E-state index in [1.807, 2.05) is 19.1 Å². The molecule has 2 N–H and O–H groups in total. The maximum Gasteiger partial charge on any atom is 0.233 e. The molecule has 0 atom stereocenters. The Hall–Kier alpha value is -1.12. The minimum Gasteiger partial charge on any atom is -0.495 e. The quantitative estimate of drug-likeness (QED) is 0.729. The molecule has 0 bridgehead atoms. The Labute approximate surface area is 143 Å². The highest BCUT2D eigenvalue weighted by Gasteiger charge is 2.10. The fraction of sp³-hybridized carbons (Fsp3) is 0.250. The zero-order chi connectivity index (χ0) is 15.4. The van der Waals surface area contributed by atoms with Gasteiger partial charge in [-0.3, -0.25) is 0 Å². The van der Waals surface area contributed by atoms with Crippen molar-refractivity contribution in [3.05, 3.63) is 26.4 Å². The molecule has 0 saturated heterocycles. The van der Waals surface area contributed by atoms with Gasteiger partial charge in [0.1, 0.15) is 5.75 Å². The third-order valence-electron chi connectivity index (χ3n) is 2.43. The van der Waals surface area contributed by atoms with Gasteiger partial charge in [0.15, 0.2) is 0 Å². The van der Waals surface area contributed by atoms with Crippen molar-refractivity contribution in [2.75, 3.05) is 24.3 Å². The molecular weight excluding hydrogens is 425 g/mol. The monoisotopic (exact) mass is 435 g/mol. The topological polar surface area (TPSA) is 72.0 Å². The van der Waals surface area contributed by atoms with E-state index in [4.69, 9.17) is 16.3 Å². The second-order valence-electron chi connectivity index (χ2n) is 3.87. The lowest BCUT2D eigenvalue weighted by Crippen LogP contribution is -2.06. The van der Waals surface area contributed by atoms with Crippen LogP contribution >= 0.6 is 43.5 Å². The standard InChI is InChI=1S/C12H12Br2ClN5O/c1-3-16-11-18-10(15)19-12(20-11)17-8-5-9(21-2)7(14)4-6(8)13/h4-5H,3H2,1-2H3,(H2,16,17,18,19,20). The second kappa shape index (κ2) is 7.24. The second-order valence-corrected chi connectivity index (χ2v) is 5.92. The number of hydrogen-bond donors (Lipinski definition) is 2. The van der Waals surface area contributed by atoms with Crippen LogP contribution in [0.4, 0.5) is 17.6 Å². The van der Waals surface area contributed by atoms with Gasteiger partial charge in [-0.2, -0.15) is 15.0 Å². The molecule has 2 aromatic rings. The molecule has 21 heavy (non-hydrogen) atoms. The Balaban J connectivity index is 2.33. The fourth-order valence-electron chi connectivity index (χ4n) is 1.54. The van der Waals surface area contributed by atoms with E-state index in [0.717, 1.165) is 14.6 Å². The zero-order valence-electron chi connectivity index (χ0n) is 11.2. The number of methoxy groups -OCH3 is 1. The fourth-order valence-corrected chi connectivity index (χ4v) is 2.96. The predicted molar refractivity (Wildman–Crippen MR) is 90.7 cm³/mol. The summed E-state index contributed by atoms with van der Waals surface area (Å²) in [5.74, 6) is 1.45. The number of ether oxygens (including phenoxy) is 1. The minimum atomic E-state index is 0.114. The summed E-state index contributed by atoms with van der Waals surface area (Å²) in [6.45, 7) is 2.64. The minimum absolute atomic E-state index is 0.114. The Kier molecular flexibility index (Phi) is 5.60. The highest BCUT2D eigenvalue weighted by atomic mass is 79.9. The van der Waals surface area contributed by atoms with Crippen LogP contribution < -0.4 is 15.4 Å². The molecule has 0 spiro atoms. The van der Waals surface area contributed by atoms with E-state index in [1.54, 1.807) is 7.11 Å². The van der Waals surface area contributed by atoms with Gasteiger partial charge >= 0.3 is 0 Å². The van der Waals surface area contributed by atoms with Crippen molar-refractivity contribution in [3.63, 3.8) is 0 Å². The molecule has 0 aliphatic carbocycles. The molecule has 0 aliphatic heterocycles. The smallest absolute Gasteiger partial charge is 0.233 e. The van der Waals surface area contributed by atoms with Gasteiger partial charge in [0, 0.05) is 17.1 Å². The third-order valence-corrected chi connectivity index (χ3v) is 3.88. The van der Waals surface area contributed by atoms with Crippen molar-refractivity contribution in [1.29, 1.82) is 0 Å². The van der Waals surface area contributed by atoms with Crippen LogP contribution in [0.25, 0.3) is 0 Å². The van der Waals surface area contributed by atoms with E-state index in [2.05, 4.69) is 57.4 Å². The molecule has 6 nitrogen and oxygen atoms in total. The summed E-state index contributed by atoms with van der Waals surface area (Å²) >= 11 is 12.8. The Bertz CT molecular complexity index is 656. The van der Waals surface area contributed by atoms with E-state index in [1.165, 1.54) is 0 Å². The molecule has 0 fully saturated rings. The van der Waals surface area contributed by atoms with Crippen LogP contribution in [0.1, 0.15) is 6.92 Å². The van der Waals surface area contributed by atoms with E-state index in [9.17, 15) is 0 Å². The molecule has 0 radical (unpaired) electrons. The first-order valence-corrected chi connectivity index (χ1v) is 7.95. The van der Waals surface area contributed by atoms with Crippen molar-refractivity contribution in [2.24, 2.45) is 0 Å². The average Bonchev–Trinajstić information content (AvgIpc) is 2.41. The number of aromatic nitrogens is 3. The van der Waals surface area contributed by atoms with Crippen LogP contribution in [-0.4, -0.2) is 28.6 Å². The maximum atomic E-state index is 5.89. The van der Waals surface area contributed by atoms with Crippen molar-refractivity contribution in [2.45, 2.75) is 6.92 Å². The van der Waals surface area contributed by atoms with Crippen molar-refractivity contribution >= 4 is 61.0 Å². The van der Waals surface area contributed by atoms with E-state index in [0.29, 0.717) is 24.2 Å². The molecule has 2 rings (SSSR count). The highest BCUT2D eigenvalue weighted by molar-refractivity contribution is 9.11. The number of nitrogens with one attached hydrogen (secondary N) is 2. The van der Waals surface area contributed by atoms with Gasteiger partial charge in [-0.15, -0.1) is 0 Å². The first-order valence-electron chi connectivity index (χ1n) is 5.99. The Morgan fingerprint density at radius 3 is 2.52 bits per heavy atom. The van der Waals surface area contributed by atoms with Gasteiger partial charge in [0.05, 0.1) is 17.3 Å². The molecule has 0 amide bonds. The summed E-state index contributed by atoms with van der Waals surface area (Å²) in [5, 5.41) is 6.18. The van der Waals surface area contributed by atoms with Crippen LogP contribution in [-0.2, 0) is 0 Å². The summed E-state index contributed by atoms with van der Waals surface area (Å²) in [4.78, 5) is 12.3. The molecule has 0 saturated carbocycles. The first kappa shape index (κ1) is 16.3. The van der Waals surface area contributed by atoms with Gasteiger partial charge in [0.2, 0.25) is 17.2 Å². The third kappa shape index (κ3) is 4.18. The van der Waals surface area contributed by atoms with Crippen LogP contribution in [0.3, 0.4) is 0 Å². The van der Waals surface area contributed by atoms with Crippen LogP contribution in [0.15, 0.2) is 21.1 Å². The normalized spacial score (nSPS) is 10.3. The first-order chi connectivity index (χ1) is 10.0. The lowest BCUT2D eigenvalue weighted by atomic mass is 10.3. The lowest BCUT2D eigenvalue weighted by Gasteiger charge is -2.11. The van der Waals surface area contributed by atoms with E-state index in [-0.39, 0.29) is 5.28 Å². The molecule has 0 unspecified atom stereocenters. The van der Waals surface area contributed by atoms with Crippen molar-refractivity contribution in [3.8, 4) is 5.75 Å². The number of anilines is 3. The molecular formula is C12H12Br2ClN5O. The lowest BCUT2D eigenvalue weighted by molar-refractivity contribution is 0.412. The molecule has 112 valence electrons. The van der Waals surface area contributed by atoms with Crippen LogP contribution in [0, 0.1) is 0 Å². The van der Waals surface area contributed by atoms with Gasteiger partial charge < -0.3 is 15.4 Å². The number of benzene rings is 1. The number of rotatable bonds is 5. The van der Waals surface area contributed by atoms with Gasteiger partial charge in [-0.25, -0.2) is 0 Å². The van der Waals surface area contributed by atoms with E-state index >= 15 is 0 Å². The average molecular weight is 438 g/mol. The number of hydrogen-bond acceptors (Lipinski definition) is 6. The Morgan fingerprint density at radius 1 is 1.14 bits per heavy atom. The number of nitrogens with zero attached hydrogens (tertiary/aromatic N) is 3. The van der Waals surface area contributed by atoms with Crippen molar-refractivity contribution < 1.29 is 4.74 Å². The molecule has 1 heterocycles. The molecule has 9 heteroatoms. The van der Waals surface area contributed by atoms with Gasteiger partial charge in [-0.1, -0.05) is 0 Å². The number of halogens is 3. The largest absolute Gasteiger partial charge is 0.495 e. The summed E-state index contributed by atoms with van der Waals surface area (Å²) in [7, 11) is 1.60. The highest BCUT2D eigenvalue weighted by Crippen LogP contribution is 2.35. The summed E-state index contributed by atoms with van der Waals surface area (Å²) < 4.78 is 6.93. The van der Waals surface area contributed by atoms with Gasteiger partial charge in [-0.05, 0) is 56.5 Å². The van der Waals surface area contributed by atoms with Crippen LogP contribution in [0.2, 0.25) is 5.28 Å². The Morgan fingerprint density at radius 2 is 1.86 bits per heavy atom. The molecule has 0 aliphatic rings. The van der Waals surface area contributed by atoms with Crippen molar-refractivity contribution in [1.82, 2.24) is 15.0 Å². The maximum absolute atomic E-state index is 5.89. The molecule has 1 aromatic heterocycles. The molecule has 1 aromatic carbocycles. The zero-order valence-corrected chi connectivity index (χ0v) is 15.2. The van der Waals surface area contributed by atoms with E-state index < -0.39 is 0 Å². The predicted octanol–water partition coefficient (Wildman–Crippen LogP) is 4.23. The summed E-state index contributed by atoms with van der Waals surface area (Å²) in [5.41, 5.74) is 0.750. The SMILES string of the molecule is CCNc1nc(Cl)nc(Nc2cc(OC)c(Br)cc2Br)n1.